The maximum absolute atomic E-state index is 6.29. The quantitative estimate of drug-likeness (QED) is 0.853. The van der Waals surface area contributed by atoms with Crippen LogP contribution in [0.1, 0.15) is 18.4 Å². The standard InChI is InChI=1S/C13H13ClN2/c1-8-7-11(14)13(16-9-4-5-9)10-3-2-6-15-12(8)10/h2-3,6-7,9,16H,4-5H2,1H3. The number of hydrogen-bond donors (Lipinski definition) is 1. The van der Waals surface area contributed by atoms with E-state index in [1.165, 1.54) is 12.8 Å². The van der Waals surface area contributed by atoms with Gasteiger partial charge in [-0.25, -0.2) is 0 Å². The van der Waals surface area contributed by atoms with E-state index in [1.54, 1.807) is 0 Å². The largest absolute Gasteiger partial charge is 0.381 e. The van der Waals surface area contributed by atoms with Gasteiger partial charge in [0.1, 0.15) is 0 Å². The summed E-state index contributed by atoms with van der Waals surface area (Å²) in [4.78, 5) is 4.41. The van der Waals surface area contributed by atoms with Crippen LogP contribution in [0.15, 0.2) is 24.4 Å². The lowest BCUT2D eigenvalue weighted by Gasteiger charge is -2.12. The smallest absolute Gasteiger partial charge is 0.0752 e. The molecule has 2 nitrogen and oxygen atoms in total. The Hall–Kier alpha value is -1.28. The molecule has 0 unspecified atom stereocenters. The van der Waals surface area contributed by atoms with Gasteiger partial charge in [0.2, 0.25) is 0 Å². The zero-order valence-corrected chi connectivity index (χ0v) is 9.88. The molecule has 1 fully saturated rings. The van der Waals surface area contributed by atoms with Gasteiger partial charge in [-0.05, 0) is 43.5 Å². The van der Waals surface area contributed by atoms with Crippen LogP contribution in [0.25, 0.3) is 10.9 Å². The molecular weight excluding hydrogens is 220 g/mol. The lowest BCUT2D eigenvalue weighted by molar-refractivity contribution is 1.16. The van der Waals surface area contributed by atoms with Crippen molar-refractivity contribution in [2.24, 2.45) is 0 Å². The minimum Gasteiger partial charge on any atom is -0.381 e. The van der Waals surface area contributed by atoms with E-state index in [9.17, 15) is 0 Å². The fourth-order valence-corrected chi connectivity index (χ4v) is 2.28. The maximum atomic E-state index is 6.29. The van der Waals surface area contributed by atoms with E-state index in [1.807, 2.05) is 25.3 Å². The van der Waals surface area contributed by atoms with E-state index in [-0.39, 0.29) is 0 Å². The molecule has 1 aromatic carbocycles. The average molecular weight is 233 g/mol. The van der Waals surface area contributed by atoms with Crippen molar-refractivity contribution in [2.75, 3.05) is 5.32 Å². The molecule has 0 spiro atoms. The summed E-state index contributed by atoms with van der Waals surface area (Å²) in [5.41, 5.74) is 3.20. The zero-order valence-electron chi connectivity index (χ0n) is 9.13. The van der Waals surface area contributed by atoms with Gasteiger partial charge in [0.25, 0.3) is 0 Å². The number of benzene rings is 1. The molecule has 0 radical (unpaired) electrons. The predicted octanol–water partition coefficient (Wildman–Crippen LogP) is 3.77. The third-order valence-electron chi connectivity index (χ3n) is 2.96. The van der Waals surface area contributed by atoms with Gasteiger partial charge in [0.05, 0.1) is 16.2 Å². The number of pyridine rings is 1. The Morgan fingerprint density at radius 2 is 2.25 bits per heavy atom. The molecule has 3 rings (SSSR count). The number of rotatable bonds is 2. The third kappa shape index (κ3) is 1.63. The SMILES string of the molecule is Cc1cc(Cl)c(NC2CC2)c2cccnc12. The van der Waals surface area contributed by atoms with Gasteiger partial charge in [-0.2, -0.15) is 0 Å². The Morgan fingerprint density at radius 1 is 1.44 bits per heavy atom. The highest BCUT2D eigenvalue weighted by Gasteiger charge is 2.23. The molecule has 82 valence electrons. The van der Waals surface area contributed by atoms with Crippen molar-refractivity contribution in [3.05, 3.63) is 35.0 Å². The number of fused-ring (bicyclic) bond motifs is 1. The minimum atomic E-state index is 0.601. The molecule has 0 bridgehead atoms. The summed E-state index contributed by atoms with van der Waals surface area (Å²) in [6, 6.07) is 6.62. The van der Waals surface area contributed by atoms with Gasteiger partial charge in [0, 0.05) is 17.6 Å². The van der Waals surface area contributed by atoms with Crippen LogP contribution in [-0.4, -0.2) is 11.0 Å². The van der Waals surface area contributed by atoms with Crippen LogP contribution >= 0.6 is 11.6 Å². The van der Waals surface area contributed by atoms with Crippen molar-refractivity contribution in [3.63, 3.8) is 0 Å². The first-order chi connectivity index (χ1) is 7.75. The normalized spacial score (nSPS) is 15.4. The molecule has 1 heterocycles. The molecule has 1 saturated carbocycles. The lowest BCUT2D eigenvalue weighted by Crippen LogP contribution is -2.03. The van der Waals surface area contributed by atoms with Crippen molar-refractivity contribution in [1.82, 2.24) is 4.98 Å². The number of aromatic nitrogens is 1. The van der Waals surface area contributed by atoms with E-state index in [4.69, 9.17) is 11.6 Å². The number of anilines is 1. The third-order valence-corrected chi connectivity index (χ3v) is 3.26. The highest BCUT2D eigenvalue weighted by molar-refractivity contribution is 6.35. The van der Waals surface area contributed by atoms with Gasteiger partial charge in [0.15, 0.2) is 0 Å². The zero-order chi connectivity index (χ0) is 11.1. The molecule has 1 N–H and O–H groups in total. The molecule has 0 aliphatic heterocycles. The number of aryl methyl sites for hydroxylation is 1. The summed E-state index contributed by atoms with van der Waals surface area (Å²) in [6.45, 7) is 2.04. The Balaban J connectivity index is 2.23. The first-order valence-corrected chi connectivity index (χ1v) is 5.94. The van der Waals surface area contributed by atoms with Gasteiger partial charge in [-0.15, -0.1) is 0 Å². The van der Waals surface area contributed by atoms with E-state index in [0.717, 1.165) is 27.2 Å². The van der Waals surface area contributed by atoms with Crippen LogP contribution < -0.4 is 5.32 Å². The minimum absolute atomic E-state index is 0.601. The van der Waals surface area contributed by atoms with Crippen molar-refractivity contribution >= 4 is 28.2 Å². The molecule has 1 aliphatic rings. The first kappa shape index (κ1) is 9.91. The van der Waals surface area contributed by atoms with Crippen molar-refractivity contribution in [3.8, 4) is 0 Å². The second kappa shape index (κ2) is 3.63. The Bertz CT molecular complexity index is 547. The molecule has 16 heavy (non-hydrogen) atoms. The summed E-state index contributed by atoms with van der Waals surface area (Å²) < 4.78 is 0. The van der Waals surface area contributed by atoms with E-state index in [2.05, 4.69) is 16.4 Å². The molecular formula is C13H13ClN2. The van der Waals surface area contributed by atoms with Crippen LogP contribution in [0.2, 0.25) is 5.02 Å². The summed E-state index contributed by atoms with van der Waals surface area (Å²) in [6.07, 6.45) is 4.31. The molecule has 1 aliphatic carbocycles. The highest BCUT2D eigenvalue weighted by Crippen LogP contribution is 2.36. The molecule has 0 saturated heterocycles. The van der Waals surface area contributed by atoms with Gasteiger partial charge in [-0.1, -0.05) is 11.6 Å². The molecule has 0 atom stereocenters. The molecule has 0 amide bonds. The topological polar surface area (TPSA) is 24.9 Å². The molecule has 3 heteroatoms. The van der Waals surface area contributed by atoms with E-state index >= 15 is 0 Å². The molecule has 2 aromatic rings. The van der Waals surface area contributed by atoms with Gasteiger partial charge in [-0.3, -0.25) is 4.98 Å². The Labute approximate surface area is 99.6 Å². The van der Waals surface area contributed by atoms with Crippen molar-refractivity contribution in [2.45, 2.75) is 25.8 Å². The fourth-order valence-electron chi connectivity index (χ4n) is 1.96. The predicted molar refractivity (Wildman–Crippen MR) is 68.1 cm³/mol. The maximum Gasteiger partial charge on any atom is 0.0752 e. The van der Waals surface area contributed by atoms with Crippen LogP contribution in [0.4, 0.5) is 5.69 Å². The van der Waals surface area contributed by atoms with Crippen molar-refractivity contribution < 1.29 is 0 Å². The van der Waals surface area contributed by atoms with E-state index < -0.39 is 0 Å². The van der Waals surface area contributed by atoms with Crippen LogP contribution in [0.5, 0.6) is 0 Å². The van der Waals surface area contributed by atoms with Crippen molar-refractivity contribution in [1.29, 1.82) is 0 Å². The van der Waals surface area contributed by atoms with Crippen LogP contribution in [0.3, 0.4) is 0 Å². The number of nitrogens with one attached hydrogen (secondary N) is 1. The Kier molecular flexibility index (Phi) is 2.25. The number of halogens is 1. The van der Waals surface area contributed by atoms with Crippen LogP contribution in [0, 0.1) is 6.92 Å². The van der Waals surface area contributed by atoms with Crippen LogP contribution in [-0.2, 0) is 0 Å². The second-order valence-electron chi connectivity index (χ2n) is 4.37. The Morgan fingerprint density at radius 3 is 3.00 bits per heavy atom. The fraction of sp³-hybridized carbons (Fsp3) is 0.308. The first-order valence-electron chi connectivity index (χ1n) is 5.56. The highest BCUT2D eigenvalue weighted by atomic mass is 35.5. The number of hydrogen-bond acceptors (Lipinski definition) is 2. The summed E-state index contributed by atoms with van der Waals surface area (Å²) in [5.74, 6) is 0. The number of nitrogens with zero attached hydrogens (tertiary/aromatic N) is 1. The summed E-state index contributed by atoms with van der Waals surface area (Å²) >= 11 is 6.29. The monoisotopic (exact) mass is 232 g/mol. The summed E-state index contributed by atoms with van der Waals surface area (Å²) in [7, 11) is 0. The summed E-state index contributed by atoms with van der Waals surface area (Å²) in [5, 5.41) is 5.40. The lowest BCUT2D eigenvalue weighted by atomic mass is 10.1. The van der Waals surface area contributed by atoms with Gasteiger partial charge < -0.3 is 5.32 Å². The average Bonchev–Trinajstić information content (AvgIpc) is 3.08. The van der Waals surface area contributed by atoms with E-state index in [0.29, 0.717) is 6.04 Å². The molecule has 1 aromatic heterocycles. The second-order valence-corrected chi connectivity index (χ2v) is 4.78. The van der Waals surface area contributed by atoms with Gasteiger partial charge >= 0.3 is 0 Å².